The fourth-order valence-electron chi connectivity index (χ4n) is 2.68. The van der Waals surface area contributed by atoms with Gasteiger partial charge in [0, 0.05) is 45.0 Å². The topological polar surface area (TPSA) is 91.0 Å². The maximum Gasteiger partial charge on any atom is 0.321 e. The molecule has 0 aromatic heterocycles. The molecule has 1 fully saturated rings. The normalized spacial score (nSPS) is 15.6. The van der Waals surface area contributed by atoms with Crippen LogP contribution >= 0.6 is 0 Å². The van der Waals surface area contributed by atoms with Crippen molar-refractivity contribution >= 4 is 21.7 Å². The Hall–Kier alpha value is -1.68. The van der Waals surface area contributed by atoms with Crippen LogP contribution in [0.3, 0.4) is 0 Å². The number of ether oxygens (including phenoxy) is 1. The maximum absolute atomic E-state index is 12.4. The van der Waals surface area contributed by atoms with Crippen molar-refractivity contribution in [2.24, 2.45) is 0 Å². The van der Waals surface area contributed by atoms with Crippen LogP contribution in [0.4, 0.5) is 10.5 Å². The third-order valence-corrected chi connectivity index (χ3v) is 5.77. The van der Waals surface area contributed by atoms with Gasteiger partial charge in [-0.05, 0) is 38.1 Å². The second kappa shape index (κ2) is 9.86. The molecule has 0 bridgehead atoms. The lowest BCUT2D eigenvalue weighted by Gasteiger charge is -2.26. The zero-order valence-corrected chi connectivity index (χ0v) is 16.2. The van der Waals surface area contributed by atoms with Crippen molar-refractivity contribution in [2.45, 2.75) is 18.7 Å². The van der Waals surface area contributed by atoms with Gasteiger partial charge < -0.3 is 15.0 Å². The van der Waals surface area contributed by atoms with Crippen molar-refractivity contribution in [3.05, 3.63) is 24.3 Å². The van der Waals surface area contributed by atoms with E-state index in [2.05, 4.69) is 14.9 Å². The molecule has 1 aliphatic heterocycles. The van der Waals surface area contributed by atoms with Gasteiger partial charge in [-0.3, -0.25) is 4.90 Å². The Morgan fingerprint density at radius 2 is 1.77 bits per heavy atom. The Morgan fingerprint density at radius 1 is 1.15 bits per heavy atom. The molecule has 0 unspecified atom stereocenters. The molecule has 1 aliphatic rings. The van der Waals surface area contributed by atoms with Crippen LogP contribution in [0.25, 0.3) is 0 Å². The molecule has 26 heavy (non-hydrogen) atoms. The second-order valence-corrected chi connectivity index (χ2v) is 7.75. The van der Waals surface area contributed by atoms with Crippen LogP contribution in [0.5, 0.6) is 0 Å². The average Bonchev–Trinajstić information content (AvgIpc) is 2.64. The summed E-state index contributed by atoms with van der Waals surface area (Å²) >= 11 is 0. The molecule has 1 aromatic carbocycles. The maximum atomic E-state index is 12.4. The van der Waals surface area contributed by atoms with E-state index < -0.39 is 10.0 Å². The van der Waals surface area contributed by atoms with E-state index in [4.69, 9.17) is 4.74 Å². The van der Waals surface area contributed by atoms with Gasteiger partial charge in [0.05, 0.1) is 18.1 Å². The number of rotatable bonds is 8. The van der Waals surface area contributed by atoms with Gasteiger partial charge in [0.2, 0.25) is 10.0 Å². The van der Waals surface area contributed by atoms with E-state index in [1.807, 2.05) is 13.8 Å². The Bertz CT molecular complexity index is 669. The van der Waals surface area contributed by atoms with Gasteiger partial charge in [0.25, 0.3) is 0 Å². The molecule has 0 spiro atoms. The number of hydrogen-bond donors (Lipinski definition) is 2. The fraction of sp³-hybridized carbons (Fsp3) is 0.588. The Balaban J connectivity index is 1.88. The number of anilines is 1. The molecule has 1 aromatic rings. The number of carbonyl (C=O) groups excluding carboxylic acids is 1. The van der Waals surface area contributed by atoms with E-state index in [1.165, 1.54) is 12.1 Å². The SMILES string of the molecule is CCN(CC)C(=O)Nc1ccc(S(=O)(=O)NCCN2CCOCC2)cc1. The molecule has 9 heteroatoms. The molecule has 8 nitrogen and oxygen atoms in total. The zero-order chi connectivity index (χ0) is 19.0. The van der Waals surface area contributed by atoms with Crippen molar-refractivity contribution in [3.8, 4) is 0 Å². The molecule has 0 atom stereocenters. The number of nitrogens with zero attached hydrogens (tertiary/aromatic N) is 2. The van der Waals surface area contributed by atoms with Crippen molar-refractivity contribution in [1.29, 1.82) is 0 Å². The first-order valence-corrected chi connectivity index (χ1v) is 10.4. The van der Waals surface area contributed by atoms with E-state index in [9.17, 15) is 13.2 Å². The number of urea groups is 1. The third-order valence-electron chi connectivity index (χ3n) is 4.29. The van der Waals surface area contributed by atoms with Crippen LogP contribution in [0.2, 0.25) is 0 Å². The van der Waals surface area contributed by atoms with E-state index >= 15 is 0 Å². The number of benzene rings is 1. The fourth-order valence-corrected chi connectivity index (χ4v) is 3.70. The molecule has 2 rings (SSSR count). The Morgan fingerprint density at radius 3 is 2.35 bits per heavy atom. The number of amides is 2. The van der Waals surface area contributed by atoms with Crippen molar-refractivity contribution in [1.82, 2.24) is 14.5 Å². The molecule has 2 amide bonds. The molecular weight excluding hydrogens is 356 g/mol. The van der Waals surface area contributed by atoms with Crippen LogP contribution in [0, 0.1) is 0 Å². The molecule has 1 saturated heterocycles. The molecule has 146 valence electrons. The summed E-state index contributed by atoms with van der Waals surface area (Å²) in [5.74, 6) is 0. The van der Waals surface area contributed by atoms with Gasteiger partial charge in [-0.15, -0.1) is 0 Å². The predicted octanol–water partition coefficient (Wildman–Crippen LogP) is 1.17. The van der Waals surface area contributed by atoms with E-state index in [-0.39, 0.29) is 10.9 Å². The summed E-state index contributed by atoms with van der Waals surface area (Å²) in [6.07, 6.45) is 0. The van der Waals surface area contributed by atoms with Gasteiger partial charge in [-0.25, -0.2) is 17.9 Å². The van der Waals surface area contributed by atoms with Gasteiger partial charge in [-0.2, -0.15) is 0 Å². The summed E-state index contributed by atoms with van der Waals surface area (Å²) in [4.78, 5) is 16.0. The van der Waals surface area contributed by atoms with E-state index in [1.54, 1.807) is 17.0 Å². The van der Waals surface area contributed by atoms with Crippen LogP contribution in [-0.4, -0.2) is 76.7 Å². The smallest absolute Gasteiger partial charge is 0.321 e. The lowest BCUT2D eigenvalue weighted by molar-refractivity contribution is 0.0390. The lowest BCUT2D eigenvalue weighted by Crippen LogP contribution is -2.41. The highest BCUT2D eigenvalue weighted by Gasteiger charge is 2.16. The molecule has 2 N–H and O–H groups in total. The standard InChI is InChI=1S/C17H28N4O4S/c1-3-21(4-2)17(22)19-15-5-7-16(8-6-15)26(23,24)18-9-10-20-11-13-25-14-12-20/h5-8,18H,3-4,9-14H2,1-2H3,(H,19,22). The lowest BCUT2D eigenvalue weighted by atomic mass is 10.3. The van der Waals surface area contributed by atoms with Crippen LogP contribution in [-0.2, 0) is 14.8 Å². The molecule has 1 heterocycles. The van der Waals surface area contributed by atoms with Crippen LogP contribution < -0.4 is 10.0 Å². The summed E-state index contributed by atoms with van der Waals surface area (Å²) in [7, 11) is -3.56. The van der Waals surface area contributed by atoms with E-state index in [0.717, 1.165) is 13.1 Å². The minimum absolute atomic E-state index is 0.181. The first kappa shape index (κ1) is 20.6. The minimum atomic E-state index is -3.56. The van der Waals surface area contributed by atoms with Crippen LogP contribution in [0.1, 0.15) is 13.8 Å². The summed E-state index contributed by atoms with van der Waals surface area (Å²) < 4.78 is 32.6. The number of carbonyl (C=O) groups is 1. The monoisotopic (exact) mass is 384 g/mol. The first-order valence-electron chi connectivity index (χ1n) is 8.92. The van der Waals surface area contributed by atoms with Crippen molar-refractivity contribution in [3.63, 3.8) is 0 Å². The molecular formula is C17H28N4O4S. The highest BCUT2D eigenvalue weighted by molar-refractivity contribution is 7.89. The van der Waals surface area contributed by atoms with Gasteiger partial charge in [-0.1, -0.05) is 0 Å². The minimum Gasteiger partial charge on any atom is -0.379 e. The highest BCUT2D eigenvalue weighted by Crippen LogP contribution is 2.14. The second-order valence-electron chi connectivity index (χ2n) is 5.98. The third kappa shape index (κ3) is 5.94. The molecule has 0 aliphatic carbocycles. The number of hydrogen-bond acceptors (Lipinski definition) is 5. The van der Waals surface area contributed by atoms with Gasteiger partial charge in [0.15, 0.2) is 0 Å². The summed E-state index contributed by atoms with van der Waals surface area (Å²) in [6, 6.07) is 5.98. The quantitative estimate of drug-likeness (QED) is 0.702. The van der Waals surface area contributed by atoms with E-state index in [0.29, 0.717) is 45.1 Å². The number of morpholine rings is 1. The van der Waals surface area contributed by atoms with Gasteiger partial charge in [0.1, 0.15) is 0 Å². The Labute approximate surface area is 155 Å². The highest BCUT2D eigenvalue weighted by atomic mass is 32.2. The first-order chi connectivity index (χ1) is 12.5. The zero-order valence-electron chi connectivity index (χ0n) is 15.4. The van der Waals surface area contributed by atoms with Crippen molar-refractivity contribution < 1.29 is 17.9 Å². The predicted molar refractivity (Wildman–Crippen MR) is 101 cm³/mol. The molecule has 0 radical (unpaired) electrons. The summed E-state index contributed by atoms with van der Waals surface area (Å²) in [5.41, 5.74) is 0.564. The summed E-state index contributed by atoms with van der Waals surface area (Å²) in [6.45, 7) is 9.06. The van der Waals surface area contributed by atoms with Gasteiger partial charge >= 0.3 is 6.03 Å². The van der Waals surface area contributed by atoms with Crippen LogP contribution in [0.15, 0.2) is 29.2 Å². The Kier molecular flexibility index (Phi) is 7.83. The number of nitrogens with one attached hydrogen (secondary N) is 2. The van der Waals surface area contributed by atoms with Crippen molar-refractivity contribution in [2.75, 3.05) is 57.8 Å². The largest absolute Gasteiger partial charge is 0.379 e. The summed E-state index contributed by atoms with van der Waals surface area (Å²) in [5, 5.41) is 2.76. The number of sulfonamides is 1. The molecule has 0 saturated carbocycles. The average molecular weight is 385 g/mol.